The molecule has 0 aromatic heterocycles. The number of aliphatic hydroxyl groups excluding tert-OH is 1. The molecular weight excluding hydrogens is 180 g/mol. The van der Waals surface area contributed by atoms with Crippen molar-refractivity contribution in [3.05, 3.63) is 0 Å². The van der Waals surface area contributed by atoms with E-state index in [1.54, 1.807) is 0 Å². The number of carbonyl (C=O) groups is 1. The predicted octanol–water partition coefficient (Wildman–Crippen LogP) is 0.250. The van der Waals surface area contributed by atoms with Gasteiger partial charge in [-0.25, -0.2) is 0 Å². The zero-order valence-electron chi connectivity index (χ0n) is 8.96. The van der Waals surface area contributed by atoms with Gasteiger partial charge in [-0.05, 0) is 32.2 Å². The number of amides is 1. The maximum absolute atomic E-state index is 11.4. The molecule has 0 aromatic carbocycles. The topological polar surface area (TPSA) is 75.4 Å². The second kappa shape index (κ2) is 8.97. The van der Waals surface area contributed by atoms with E-state index in [1.165, 1.54) is 0 Å². The number of hydrogen-bond donors (Lipinski definition) is 3. The Morgan fingerprint density at radius 1 is 1.43 bits per heavy atom. The Morgan fingerprint density at radius 3 is 2.71 bits per heavy atom. The molecule has 1 unspecified atom stereocenters. The molecule has 1 amide bonds. The maximum atomic E-state index is 11.4. The van der Waals surface area contributed by atoms with Crippen molar-refractivity contribution in [3.63, 3.8) is 0 Å². The van der Waals surface area contributed by atoms with E-state index in [0.29, 0.717) is 13.1 Å². The van der Waals surface area contributed by atoms with Gasteiger partial charge < -0.3 is 16.2 Å². The number of hydrogen-bond acceptors (Lipinski definition) is 3. The molecule has 0 heterocycles. The van der Waals surface area contributed by atoms with Gasteiger partial charge in [0.2, 0.25) is 5.91 Å². The molecule has 0 saturated carbocycles. The zero-order chi connectivity index (χ0) is 10.8. The molecule has 0 radical (unpaired) electrons. The number of aliphatic hydroxyl groups is 1. The molecule has 84 valence electrons. The van der Waals surface area contributed by atoms with E-state index >= 15 is 0 Å². The summed E-state index contributed by atoms with van der Waals surface area (Å²) in [6.45, 7) is 3.41. The van der Waals surface area contributed by atoms with Crippen molar-refractivity contribution in [2.75, 3.05) is 19.7 Å². The normalized spacial score (nSPS) is 12.5. The van der Waals surface area contributed by atoms with E-state index in [2.05, 4.69) is 5.32 Å². The maximum Gasteiger partial charge on any atom is 0.222 e. The highest BCUT2D eigenvalue weighted by Crippen LogP contribution is 2.04. The first-order chi connectivity index (χ1) is 6.72. The molecule has 0 aliphatic heterocycles. The average Bonchev–Trinajstić information content (AvgIpc) is 2.20. The van der Waals surface area contributed by atoms with Crippen LogP contribution in [0, 0.1) is 5.92 Å². The van der Waals surface area contributed by atoms with Crippen LogP contribution in [0.3, 0.4) is 0 Å². The first kappa shape index (κ1) is 13.4. The first-order valence-electron chi connectivity index (χ1n) is 5.31. The van der Waals surface area contributed by atoms with Gasteiger partial charge in [0, 0.05) is 19.1 Å². The van der Waals surface area contributed by atoms with Crippen molar-refractivity contribution in [1.82, 2.24) is 5.32 Å². The van der Waals surface area contributed by atoms with Gasteiger partial charge in [0.1, 0.15) is 0 Å². The summed E-state index contributed by atoms with van der Waals surface area (Å²) in [7, 11) is 0. The lowest BCUT2D eigenvalue weighted by Gasteiger charge is -2.11. The van der Waals surface area contributed by atoms with E-state index in [-0.39, 0.29) is 18.4 Å². The van der Waals surface area contributed by atoms with Crippen LogP contribution in [0.5, 0.6) is 0 Å². The lowest BCUT2D eigenvalue weighted by molar-refractivity contribution is -0.124. The highest BCUT2D eigenvalue weighted by atomic mass is 16.2. The Kier molecular flexibility index (Phi) is 8.57. The number of carbonyl (C=O) groups excluding carboxylic acids is 1. The van der Waals surface area contributed by atoms with Crippen LogP contribution in [0.2, 0.25) is 0 Å². The van der Waals surface area contributed by atoms with Crippen LogP contribution >= 0.6 is 0 Å². The van der Waals surface area contributed by atoms with Crippen molar-refractivity contribution in [2.24, 2.45) is 11.7 Å². The molecule has 1 atom stereocenters. The Morgan fingerprint density at radius 2 is 2.14 bits per heavy atom. The van der Waals surface area contributed by atoms with E-state index in [4.69, 9.17) is 10.8 Å². The van der Waals surface area contributed by atoms with Crippen molar-refractivity contribution < 1.29 is 9.90 Å². The van der Waals surface area contributed by atoms with E-state index in [1.807, 2.05) is 6.92 Å². The molecule has 0 saturated heterocycles. The third-order valence-corrected chi connectivity index (χ3v) is 2.17. The third-order valence-electron chi connectivity index (χ3n) is 2.17. The van der Waals surface area contributed by atoms with Crippen LogP contribution in [-0.2, 0) is 4.79 Å². The smallest absolute Gasteiger partial charge is 0.222 e. The fourth-order valence-electron chi connectivity index (χ4n) is 1.18. The van der Waals surface area contributed by atoms with Crippen LogP contribution < -0.4 is 11.1 Å². The molecular formula is C10H22N2O2. The van der Waals surface area contributed by atoms with Gasteiger partial charge in [-0.2, -0.15) is 0 Å². The van der Waals surface area contributed by atoms with Gasteiger partial charge in [0.15, 0.2) is 0 Å². The second-order valence-corrected chi connectivity index (χ2v) is 3.55. The SMILES string of the molecule is CC(CCCN)C(=O)NCCCCO. The average molecular weight is 202 g/mol. The standard InChI is InChI=1S/C10H22N2O2/c1-9(5-4-6-11)10(14)12-7-2-3-8-13/h9,13H,2-8,11H2,1H3,(H,12,14). The molecule has 4 nitrogen and oxygen atoms in total. The number of unbranched alkanes of at least 4 members (excludes halogenated alkanes) is 1. The summed E-state index contributed by atoms with van der Waals surface area (Å²) < 4.78 is 0. The molecule has 0 fully saturated rings. The molecule has 0 aliphatic carbocycles. The fourth-order valence-corrected chi connectivity index (χ4v) is 1.18. The molecule has 0 spiro atoms. The lowest BCUT2D eigenvalue weighted by Crippen LogP contribution is -2.30. The predicted molar refractivity (Wildman–Crippen MR) is 56.8 cm³/mol. The van der Waals surface area contributed by atoms with E-state index in [9.17, 15) is 4.79 Å². The van der Waals surface area contributed by atoms with Gasteiger partial charge in [0.25, 0.3) is 0 Å². The molecule has 0 aromatic rings. The minimum atomic E-state index is 0.0488. The monoisotopic (exact) mass is 202 g/mol. The molecule has 4 heteroatoms. The van der Waals surface area contributed by atoms with Gasteiger partial charge in [-0.15, -0.1) is 0 Å². The Balaban J connectivity index is 3.42. The fraction of sp³-hybridized carbons (Fsp3) is 0.900. The Bertz CT molecular complexity index is 151. The van der Waals surface area contributed by atoms with E-state index < -0.39 is 0 Å². The zero-order valence-corrected chi connectivity index (χ0v) is 8.96. The highest BCUT2D eigenvalue weighted by Gasteiger charge is 2.10. The van der Waals surface area contributed by atoms with Gasteiger partial charge in [0.05, 0.1) is 0 Å². The first-order valence-corrected chi connectivity index (χ1v) is 5.31. The summed E-state index contributed by atoms with van der Waals surface area (Å²) in [5, 5.41) is 11.4. The summed E-state index contributed by atoms with van der Waals surface area (Å²) >= 11 is 0. The Hall–Kier alpha value is -0.610. The highest BCUT2D eigenvalue weighted by molar-refractivity contribution is 5.78. The van der Waals surface area contributed by atoms with Crippen LogP contribution in [0.1, 0.15) is 32.6 Å². The molecule has 0 bridgehead atoms. The van der Waals surface area contributed by atoms with Crippen LogP contribution in [0.15, 0.2) is 0 Å². The van der Waals surface area contributed by atoms with Crippen molar-refractivity contribution >= 4 is 5.91 Å². The number of rotatable bonds is 8. The quantitative estimate of drug-likeness (QED) is 0.494. The lowest BCUT2D eigenvalue weighted by atomic mass is 10.1. The van der Waals surface area contributed by atoms with E-state index in [0.717, 1.165) is 25.7 Å². The summed E-state index contributed by atoms with van der Waals surface area (Å²) in [5.41, 5.74) is 5.36. The molecule has 0 aliphatic rings. The summed E-state index contributed by atoms with van der Waals surface area (Å²) in [5.74, 6) is 0.143. The van der Waals surface area contributed by atoms with Crippen LogP contribution in [0.4, 0.5) is 0 Å². The minimum absolute atomic E-state index is 0.0488. The number of nitrogens with one attached hydrogen (secondary N) is 1. The van der Waals surface area contributed by atoms with Crippen molar-refractivity contribution in [3.8, 4) is 0 Å². The largest absolute Gasteiger partial charge is 0.396 e. The van der Waals surface area contributed by atoms with Gasteiger partial charge >= 0.3 is 0 Å². The minimum Gasteiger partial charge on any atom is -0.396 e. The Labute approximate surface area is 85.9 Å². The molecule has 4 N–H and O–H groups in total. The van der Waals surface area contributed by atoms with Crippen molar-refractivity contribution in [1.29, 1.82) is 0 Å². The molecule has 14 heavy (non-hydrogen) atoms. The summed E-state index contributed by atoms with van der Waals surface area (Å²) in [6, 6.07) is 0. The van der Waals surface area contributed by atoms with Crippen LogP contribution in [-0.4, -0.2) is 30.7 Å². The van der Waals surface area contributed by atoms with Crippen molar-refractivity contribution in [2.45, 2.75) is 32.6 Å². The third kappa shape index (κ3) is 6.86. The number of nitrogens with two attached hydrogens (primary N) is 1. The summed E-state index contributed by atoms with van der Waals surface area (Å²) in [4.78, 5) is 11.4. The van der Waals surface area contributed by atoms with Gasteiger partial charge in [-0.3, -0.25) is 4.79 Å². The molecule has 0 rings (SSSR count). The van der Waals surface area contributed by atoms with Gasteiger partial charge in [-0.1, -0.05) is 6.92 Å². The van der Waals surface area contributed by atoms with Crippen LogP contribution in [0.25, 0.3) is 0 Å². The second-order valence-electron chi connectivity index (χ2n) is 3.55. The summed E-state index contributed by atoms with van der Waals surface area (Å²) in [6.07, 6.45) is 3.33.